The van der Waals surface area contributed by atoms with Crippen molar-refractivity contribution >= 4 is 21.6 Å². The van der Waals surface area contributed by atoms with E-state index in [1.165, 1.54) is 18.9 Å². The summed E-state index contributed by atoms with van der Waals surface area (Å²) in [6.45, 7) is 1.54. The molecule has 110 valence electrons. The van der Waals surface area contributed by atoms with E-state index in [9.17, 15) is 4.39 Å². The van der Waals surface area contributed by atoms with Gasteiger partial charge < -0.3 is 5.73 Å². The number of para-hydroxylation sites is 1. The molecule has 1 saturated carbocycles. The van der Waals surface area contributed by atoms with Crippen molar-refractivity contribution in [2.45, 2.75) is 32.0 Å². The topological polar surface area (TPSA) is 29.3 Å². The Morgan fingerprint density at radius 3 is 2.43 bits per heavy atom. The third-order valence-corrected chi connectivity index (χ3v) is 4.78. The van der Waals surface area contributed by atoms with Crippen LogP contribution in [0.3, 0.4) is 0 Å². The van der Waals surface area contributed by atoms with Crippen LogP contribution in [0.25, 0.3) is 0 Å². The minimum atomic E-state index is -0.206. The summed E-state index contributed by atoms with van der Waals surface area (Å²) < 4.78 is 14.2. The average Bonchev–Trinajstić information content (AvgIpc) is 3.30. The summed E-state index contributed by atoms with van der Waals surface area (Å²) in [6.07, 6.45) is 2.42. The SMILES string of the molecule is Nc1ccccc1CN(Cc1cccc(F)c1Br)C1CC1. The molecule has 0 spiro atoms. The van der Waals surface area contributed by atoms with Crippen LogP contribution in [0.1, 0.15) is 24.0 Å². The number of rotatable bonds is 5. The first-order chi connectivity index (χ1) is 10.1. The van der Waals surface area contributed by atoms with Gasteiger partial charge in [-0.2, -0.15) is 0 Å². The zero-order valence-corrected chi connectivity index (χ0v) is 13.3. The van der Waals surface area contributed by atoms with E-state index in [4.69, 9.17) is 5.73 Å². The molecular weight excluding hydrogens is 331 g/mol. The van der Waals surface area contributed by atoms with Crippen LogP contribution < -0.4 is 5.73 Å². The Bertz CT molecular complexity index is 640. The fraction of sp³-hybridized carbons (Fsp3) is 0.294. The van der Waals surface area contributed by atoms with Gasteiger partial charge in [0.25, 0.3) is 0 Å². The first kappa shape index (κ1) is 14.5. The maximum absolute atomic E-state index is 13.7. The Labute approximate surface area is 132 Å². The van der Waals surface area contributed by atoms with Gasteiger partial charge in [-0.1, -0.05) is 30.3 Å². The Hall–Kier alpha value is -1.39. The lowest BCUT2D eigenvalue weighted by Crippen LogP contribution is -2.25. The minimum Gasteiger partial charge on any atom is -0.398 e. The molecule has 1 aliphatic rings. The van der Waals surface area contributed by atoms with Crippen LogP contribution in [0.5, 0.6) is 0 Å². The summed E-state index contributed by atoms with van der Waals surface area (Å²) in [5, 5.41) is 0. The smallest absolute Gasteiger partial charge is 0.137 e. The maximum Gasteiger partial charge on any atom is 0.137 e. The second-order valence-corrected chi connectivity index (χ2v) is 6.34. The van der Waals surface area contributed by atoms with Crippen molar-refractivity contribution in [2.75, 3.05) is 5.73 Å². The molecule has 0 aliphatic heterocycles. The highest BCUT2D eigenvalue weighted by molar-refractivity contribution is 9.10. The lowest BCUT2D eigenvalue weighted by Gasteiger charge is -2.23. The fourth-order valence-electron chi connectivity index (χ4n) is 2.54. The summed E-state index contributed by atoms with van der Waals surface area (Å²) in [5.74, 6) is -0.206. The number of hydrogen-bond donors (Lipinski definition) is 1. The lowest BCUT2D eigenvalue weighted by atomic mass is 10.1. The highest BCUT2D eigenvalue weighted by Crippen LogP contribution is 2.32. The molecule has 0 atom stereocenters. The second-order valence-electron chi connectivity index (χ2n) is 5.55. The number of nitrogens with two attached hydrogens (primary N) is 1. The number of nitrogens with zero attached hydrogens (tertiary/aromatic N) is 1. The quantitative estimate of drug-likeness (QED) is 0.814. The van der Waals surface area contributed by atoms with E-state index < -0.39 is 0 Å². The summed E-state index contributed by atoms with van der Waals surface area (Å²) in [6, 6.07) is 13.7. The van der Waals surface area contributed by atoms with Gasteiger partial charge in [-0.25, -0.2) is 4.39 Å². The average molecular weight is 349 g/mol. The third-order valence-electron chi connectivity index (χ3n) is 3.90. The summed E-state index contributed by atoms with van der Waals surface area (Å²) in [5.41, 5.74) is 8.98. The van der Waals surface area contributed by atoms with E-state index in [1.807, 2.05) is 24.3 Å². The molecule has 2 aromatic rings. The van der Waals surface area contributed by atoms with E-state index in [-0.39, 0.29) is 5.82 Å². The molecule has 0 bridgehead atoms. The third kappa shape index (κ3) is 3.44. The highest BCUT2D eigenvalue weighted by atomic mass is 79.9. The molecule has 2 aromatic carbocycles. The predicted octanol–water partition coefficient (Wildman–Crippen LogP) is 4.34. The summed E-state index contributed by atoms with van der Waals surface area (Å²) in [7, 11) is 0. The largest absolute Gasteiger partial charge is 0.398 e. The van der Waals surface area contributed by atoms with Crippen molar-refractivity contribution in [3.05, 3.63) is 63.9 Å². The van der Waals surface area contributed by atoms with Gasteiger partial charge in [0.2, 0.25) is 0 Å². The Kier molecular flexibility index (Phi) is 4.27. The van der Waals surface area contributed by atoms with Crippen LogP contribution >= 0.6 is 15.9 Å². The molecule has 2 N–H and O–H groups in total. The van der Waals surface area contributed by atoms with Crippen LogP contribution in [-0.2, 0) is 13.1 Å². The van der Waals surface area contributed by atoms with Crippen LogP contribution in [0.15, 0.2) is 46.9 Å². The van der Waals surface area contributed by atoms with E-state index in [0.717, 1.165) is 29.9 Å². The van der Waals surface area contributed by atoms with E-state index in [2.05, 4.69) is 26.9 Å². The van der Waals surface area contributed by atoms with Gasteiger partial charge in [-0.15, -0.1) is 0 Å². The highest BCUT2D eigenvalue weighted by Gasteiger charge is 2.29. The zero-order valence-electron chi connectivity index (χ0n) is 11.7. The van der Waals surface area contributed by atoms with Crippen molar-refractivity contribution < 1.29 is 4.39 Å². The molecule has 0 heterocycles. The molecule has 21 heavy (non-hydrogen) atoms. The first-order valence-corrected chi connectivity index (χ1v) is 7.95. The van der Waals surface area contributed by atoms with Gasteiger partial charge in [0.15, 0.2) is 0 Å². The van der Waals surface area contributed by atoms with Crippen molar-refractivity contribution in [2.24, 2.45) is 0 Å². The molecule has 0 radical (unpaired) electrons. The van der Waals surface area contributed by atoms with Gasteiger partial charge in [-0.05, 0) is 52.0 Å². The van der Waals surface area contributed by atoms with Crippen LogP contribution in [0.2, 0.25) is 0 Å². The number of anilines is 1. The molecule has 3 rings (SSSR count). The summed E-state index contributed by atoms with van der Waals surface area (Å²) >= 11 is 3.35. The molecular formula is C17H18BrFN2. The number of nitrogen functional groups attached to an aromatic ring is 1. The van der Waals surface area contributed by atoms with E-state index in [0.29, 0.717) is 10.5 Å². The molecule has 0 amide bonds. The Morgan fingerprint density at radius 2 is 1.71 bits per heavy atom. The molecule has 2 nitrogen and oxygen atoms in total. The van der Waals surface area contributed by atoms with Crippen LogP contribution in [0, 0.1) is 5.82 Å². The van der Waals surface area contributed by atoms with Crippen molar-refractivity contribution in [3.63, 3.8) is 0 Å². The Balaban J connectivity index is 1.79. The van der Waals surface area contributed by atoms with E-state index >= 15 is 0 Å². The minimum absolute atomic E-state index is 0.206. The van der Waals surface area contributed by atoms with Crippen molar-refractivity contribution in [1.82, 2.24) is 4.90 Å². The van der Waals surface area contributed by atoms with Crippen molar-refractivity contribution in [3.8, 4) is 0 Å². The summed E-state index contributed by atoms with van der Waals surface area (Å²) in [4.78, 5) is 2.38. The standard InChI is InChI=1S/C17H18BrFN2/c18-17-13(5-3-6-15(17)19)11-21(14-8-9-14)10-12-4-1-2-7-16(12)20/h1-7,14H,8-11,20H2. The molecule has 4 heteroatoms. The number of benzene rings is 2. The van der Waals surface area contributed by atoms with Gasteiger partial charge in [0.1, 0.15) is 5.82 Å². The normalized spacial score (nSPS) is 14.6. The zero-order chi connectivity index (χ0) is 14.8. The monoisotopic (exact) mass is 348 g/mol. The van der Waals surface area contributed by atoms with Gasteiger partial charge in [0.05, 0.1) is 4.47 Å². The van der Waals surface area contributed by atoms with E-state index in [1.54, 1.807) is 6.07 Å². The molecule has 0 saturated heterocycles. The molecule has 1 aliphatic carbocycles. The second kappa shape index (κ2) is 6.16. The molecule has 1 fully saturated rings. The van der Waals surface area contributed by atoms with Crippen LogP contribution in [-0.4, -0.2) is 10.9 Å². The fourth-order valence-corrected chi connectivity index (χ4v) is 2.93. The van der Waals surface area contributed by atoms with Gasteiger partial charge >= 0.3 is 0 Å². The number of halogens is 2. The maximum atomic E-state index is 13.7. The lowest BCUT2D eigenvalue weighted by molar-refractivity contribution is 0.245. The number of hydrogen-bond acceptors (Lipinski definition) is 2. The van der Waals surface area contributed by atoms with Gasteiger partial charge in [-0.3, -0.25) is 4.90 Å². The van der Waals surface area contributed by atoms with Gasteiger partial charge in [0, 0.05) is 24.8 Å². The molecule has 0 unspecified atom stereocenters. The Morgan fingerprint density at radius 1 is 1.05 bits per heavy atom. The van der Waals surface area contributed by atoms with Crippen LogP contribution in [0.4, 0.5) is 10.1 Å². The van der Waals surface area contributed by atoms with Crippen molar-refractivity contribution in [1.29, 1.82) is 0 Å². The first-order valence-electron chi connectivity index (χ1n) is 7.15. The predicted molar refractivity (Wildman–Crippen MR) is 87.2 cm³/mol. The molecule has 0 aromatic heterocycles.